The Hall–Kier alpha value is -2.05. The molecule has 0 heterocycles. The van der Waals surface area contributed by atoms with Crippen molar-refractivity contribution >= 4 is 5.96 Å². The number of methoxy groups -OCH3 is 1. The molecule has 0 fully saturated rings. The number of nitrogens with two attached hydrogens (primary N) is 1. The van der Waals surface area contributed by atoms with E-state index in [1.807, 2.05) is 0 Å². The molecule has 0 saturated heterocycles. The summed E-state index contributed by atoms with van der Waals surface area (Å²) in [5.41, 5.74) is 6.55. The molecule has 1 aromatic carbocycles. The summed E-state index contributed by atoms with van der Waals surface area (Å²) >= 11 is 0. The Morgan fingerprint density at radius 1 is 1.36 bits per heavy atom. The van der Waals surface area contributed by atoms with Crippen molar-refractivity contribution in [2.24, 2.45) is 10.7 Å². The van der Waals surface area contributed by atoms with Gasteiger partial charge in [-0.15, -0.1) is 0 Å². The van der Waals surface area contributed by atoms with Gasteiger partial charge in [0.25, 0.3) is 0 Å². The van der Waals surface area contributed by atoms with Gasteiger partial charge in [0.1, 0.15) is 0 Å². The third-order valence-corrected chi connectivity index (χ3v) is 2.96. The van der Waals surface area contributed by atoms with Crippen LogP contribution in [0.1, 0.15) is 25.3 Å². The van der Waals surface area contributed by atoms with E-state index in [4.69, 9.17) is 10.5 Å². The molecule has 0 atom stereocenters. The molecule has 0 aliphatic rings. The molecule has 22 heavy (non-hydrogen) atoms. The van der Waals surface area contributed by atoms with E-state index in [9.17, 15) is 8.78 Å². The van der Waals surface area contributed by atoms with Gasteiger partial charge in [-0.3, -0.25) is 4.99 Å². The molecule has 0 amide bonds. The van der Waals surface area contributed by atoms with Crippen LogP contribution in [-0.2, 0) is 6.42 Å². The smallest absolute Gasteiger partial charge is 0.387 e. The Kier molecular flexibility index (Phi) is 8.03. The first kappa shape index (κ1) is 18.0. The molecule has 0 aromatic heterocycles. The molecule has 5 nitrogen and oxygen atoms in total. The highest BCUT2D eigenvalue weighted by Gasteiger charge is 2.11. The van der Waals surface area contributed by atoms with Gasteiger partial charge in [-0.25, -0.2) is 0 Å². The van der Waals surface area contributed by atoms with Crippen molar-refractivity contribution in [2.45, 2.75) is 32.8 Å². The number of ether oxygens (including phenoxy) is 2. The highest BCUT2D eigenvalue weighted by Crippen LogP contribution is 2.29. The minimum absolute atomic E-state index is 0.0274. The van der Waals surface area contributed by atoms with Crippen LogP contribution in [0.4, 0.5) is 8.78 Å². The lowest BCUT2D eigenvalue weighted by molar-refractivity contribution is -0.0512. The fourth-order valence-electron chi connectivity index (χ4n) is 1.81. The summed E-state index contributed by atoms with van der Waals surface area (Å²) in [5.74, 6) is 0.697. The Bertz CT molecular complexity index is 482. The molecule has 1 aromatic rings. The van der Waals surface area contributed by atoms with E-state index in [2.05, 4.69) is 22.0 Å². The second-order valence-corrected chi connectivity index (χ2v) is 4.66. The van der Waals surface area contributed by atoms with Gasteiger partial charge >= 0.3 is 6.61 Å². The summed E-state index contributed by atoms with van der Waals surface area (Å²) in [4.78, 5) is 4.17. The monoisotopic (exact) mass is 315 g/mol. The van der Waals surface area contributed by atoms with Gasteiger partial charge < -0.3 is 20.5 Å². The quantitative estimate of drug-likeness (QED) is 0.417. The Balaban J connectivity index is 2.53. The molecule has 0 unspecified atom stereocenters. The van der Waals surface area contributed by atoms with Crippen molar-refractivity contribution in [3.05, 3.63) is 23.8 Å². The van der Waals surface area contributed by atoms with Crippen LogP contribution in [0.5, 0.6) is 11.5 Å². The van der Waals surface area contributed by atoms with Crippen LogP contribution < -0.4 is 20.5 Å². The predicted octanol–water partition coefficient (Wildman–Crippen LogP) is 2.54. The van der Waals surface area contributed by atoms with E-state index < -0.39 is 6.61 Å². The zero-order chi connectivity index (χ0) is 16.4. The summed E-state index contributed by atoms with van der Waals surface area (Å²) < 4.78 is 34.1. The Morgan fingerprint density at radius 2 is 2.14 bits per heavy atom. The minimum atomic E-state index is -2.89. The topological polar surface area (TPSA) is 68.9 Å². The molecular formula is C15H23F2N3O2. The standard InChI is InChI=1S/C15H23F2N3O2/c1-3-4-8-19-15(18)20-9-7-11-5-6-12(21-2)13(10-11)22-14(16)17/h5-6,10,14H,3-4,7-9H2,1-2H3,(H3,18,19,20). The van der Waals surface area contributed by atoms with Gasteiger partial charge in [-0.2, -0.15) is 8.78 Å². The number of aliphatic imine (C=N–C) groups is 1. The van der Waals surface area contributed by atoms with Crippen LogP contribution in [0.15, 0.2) is 23.2 Å². The molecular weight excluding hydrogens is 292 g/mol. The number of nitrogens with zero attached hydrogens (tertiary/aromatic N) is 1. The summed E-state index contributed by atoms with van der Waals surface area (Å²) in [6, 6.07) is 4.94. The highest BCUT2D eigenvalue weighted by atomic mass is 19.3. The fraction of sp³-hybridized carbons (Fsp3) is 0.533. The van der Waals surface area contributed by atoms with E-state index in [1.165, 1.54) is 13.2 Å². The SMILES string of the molecule is CCCCN=C(N)NCCc1ccc(OC)c(OC(F)F)c1. The summed E-state index contributed by atoms with van der Waals surface area (Å²) in [6.45, 7) is 0.456. The van der Waals surface area contributed by atoms with Crippen molar-refractivity contribution < 1.29 is 18.3 Å². The van der Waals surface area contributed by atoms with Gasteiger partial charge in [0.05, 0.1) is 7.11 Å². The van der Waals surface area contributed by atoms with Crippen molar-refractivity contribution in [3.63, 3.8) is 0 Å². The number of halogens is 2. The first-order valence-corrected chi connectivity index (χ1v) is 7.22. The second-order valence-electron chi connectivity index (χ2n) is 4.66. The summed E-state index contributed by atoms with van der Waals surface area (Å²) in [5, 5.41) is 2.99. The highest BCUT2D eigenvalue weighted by molar-refractivity contribution is 5.77. The maximum absolute atomic E-state index is 12.4. The Labute approximate surface area is 129 Å². The lowest BCUT2D eigenvalue weighted by Crippen LogP contribution is -2.33. The molecule has 7 heteroatoms. The normalized spacial score (nSPS) is 11.6. The largest absolute Gasteiger partial charge is 0.493 e. The Morgan fingerprint density at radius 3 is 2.77 bits per heavy atom. The van der Waals surface area contributed by atoms with Crippen molar-refractivity contribution in [3.8, 4) is 11.5 Å². The van der Waals surface area contributed by atoms with E-state index in [-0.39, 0.29) is 11.5 Å². The first-order chi connectivity index (χ1) is 10.6. The van der Waals surface area contributed by atoms with Crippen LogP contribution >= 0.6 is 0 Å². The molecule has 0 aliphatic heterocycles. The number of alkyl halides is 2. The maximum Gasteiger partial charge on any atom is 0.387 e. The van der Waals surface area contributed by atoms with Crippen molar-refractivity contribution in [1.82, 2.24) is 5.32 Å². The number of unbranched alkanes of at least 4 members (excludes halogenated alkanes) is 1. The van der Waals surface area contributed by atoms with Gasteiger partial charge in [-0.1, -0.05) is 19.4 Å². The molecule has 124 valence electrons. The summed E-state index contributed by atoms with van der Waals surface area (Å²) in [6.07, 6.45) is 2.66. The van der Waals surface area contributed by atoms with Crippen LogP contribution in [0.25, 0.3) is 0 Å². The zero-order valence-electron chi connectivity index (χ0n) is 12.9. The van der Waals surface area contributed by atoms with Crippen LogP contribution in [0.2, 0.25) is 0 Å². The zero-order valence-corrected chi connectivity index (χ0v) is 12.9. The van der Waals surface area contributed by atoms with E-state index in [0.717, 1.165) is 18.4 Å². The average Bonchev–Trinajstić information content (AvgIpc) is 2.47. The van der Waals surface area contributed by atoms with Gasteiger partial charge in [0, 0.05) is 13.1 Å². The predicted molar refractivity (Wildman–Crippen MR) is 82.7 cm³/mol. The lowest BCUT2D eigenvalue weighted by Gasteiger charge is -2.12. The number of hydrogen-bond acceptors (Lipinski definition) is 3. The number of guanidine groups is 1. The third-order valence-electron chi connectivity index (χ3n) is 2.96. The third kappa shape index (κ3) is 6.60. The molecule has 3 N–H and O–H groups in total. The molecule has 0 spiro atoms. The van der Waals surface area contributed by atoms with Gasteiger partial charge in [-0.05, 0) is 30.5 Å². The van der Waals surface area contributed by atoms with Gasteiger partial charge in [0.2, 0.25) is 0 Å². The first-order valence-electron chi connectivity index (χ1n) is 7.22. The van der Waals surface area contributed by atoms with Gasteiger partial charge in [0.15, 0.2) is 17.5 Å². The van der Waals surface area contributed by atoms with Crippen molar-refractivity contribution in [2.75, 3.05) is 20.2 Å². The fourth-order valence-corrected chi connectivity index (χ4v) is 1.81. The molecule has 0 radical (unpaired) electrons. The minimum Gasteiger partial charge on any atom is -0.493 e. The molecule has 1 rings (SSSR count). The summed E-state index contributed by atoms with van der Waals surface area (Å²) in [7, 11) is 1.41. The number of hydrogen-bond donors (Lipinski definition) is 2. The number of nitrogens with one attached hydrogen (secondary N) is 1. The van der Waals surface area contributed by atoms with Crippen LogP contribution in [0, 0.1) is 0 Å². The van der Waals surface area contributed by atoms with E-state index in [0.29, 0.717) is 25.5 Å². The number of benzene rings is 1. The molecule has 0 aliphatic carbocycles. The van der Waals surface area contributed by atoms with Crippen molar-refractivity contribution in [1.29, 1.82) is 0 Å². The number of rotatable bonds is 9. The molecule has 0 saturated carbocycles. The van der Waals surface area contributed by atoms with Crippen LogP contribution in [-0.4, -0.2) is 32.8 Å². The van der Waals surface area contributed by atoms with E-state index in [1.54, 1.807) is 12.1 Å². The maximum atomic E-state index is 12.4. The second kappa shape index (κ2) is 9.81. The van der Waals surface area contributed by atoms with E-state index >= 15 is 0 Å². The van der Waals surface area contributed by atoms with Crippen LogP contribution in [0.3, 0.4) is 0 Å². The molecule has 0 bridgehead atoms. The lowest BCUT2D eigenvalue weighted by atomic mass is 10.1. The average molecular weight is 315 g/mol.